The van der Waals surface area contributed by atoms with E-state index in [1.54, 1.807) is 24.5 Å². The molecule has 7 atom stereocenters. The van der Waals surface area contributed by atoms with E-state index in [1.807, 2.05) is 0 Å². The Hall–Kier alpha value is -1.75. The number of aromatic nitrogens is 1. The molecule has 30 heavy (non-hydrogen) atoms. The second-order valence-corrected chi connectivity index (χ2v) is 10.8. The van der Waals surface area contributed by atoms with E-state index in [9.17, 15) is 9.90 Å². The first-order valence-electron chi connectivity index (χ1n) is 11.9. The van der Waals surface area contributed by atoms with Gasteiger partial charge in [-0.1, -0.05) is 13.8 Å². The molecule has 0 bridgehead atoms. The van der Waals surface area contributed by atoms with Gasteiger partial charge < -0.3 is 5.11 Å². The van der Waals surface area contributed by atoms with Crippen molar-refractivity contribution in [1.29, 1.82) is 0 Å². The summed E-state index contributed by atoms with van der Waals surface area (Å²) < 4.78 is 0. The van der Waals surface area contributed by atoms with Gasteiger partial charge in [-0.25, -0.2) is 5.43 Å². The SMILES string of the molecule is C[C@]12CC[C@H](O)C[C@@H]1CC[C@H]1[C@H]3CC/C(=N/NC(=O)c4ccncc4)[C@]3(C)CC[C@@H]12. The highest BCUT2D eigenvalue weighted by molar-refractivity contribution is 5.97. The van der Waals surface area contributed by atoms with Gasteiger partial charge in [-0.2, -0.15) is 5.10 Å². The van der Waals surface area contributed by atoms with E-state index in [0.717, 1.165) is 31.1 Å². The summed E-state index contributed by atoms with van der Waals surface area (Å²) in [6.07, 6.45) is 13.6. The van der Waals surface area contributed by atoms with Crippen molar-refractivity contribution in [3.8, 4) is 0 Å². The van der Waals surface area contributed by atoms with Crippen molar-refractivity contribution in [2.75, 3.05) is 0 Å². The van der Waals surface area contributed by atoms with Crippen LogP contribution in [0.4, 0.5) is 0 Å². The fraction of sp³-hybridized carbons (Fsp3) is 0.720. The monoisotopic (exact) mass is 409 g/mol. The topological polar surface area (TPSA) is 74.6 Å². The summed E-state index contributed by atoms with van der Waals surface area (Å²) in [7, 11) is 0. The van der Waals surface area contributed by atoms with E-state index in [2.05, 4.69) is 29.4 Å². The first kappa shape index (κ1) is 20.2. The van der Waals surface area contributed by atoms with Crippen molar-refractivity contribution < 1.29 is 9.90 Å². The summed E-state index contributed by atoms with van der Waals surface area (Å²) in [5, 5.41) is 14.9. The third-order valence-corrected chi connectivity index (χ3v) is 9.61. The van der Waals surface area contributed by atoms with E-state index in [-0.39, 0.29) is 17.4 Å². The highest BCUT2D eigenvalue weighted by Crippen LogP contribution is 2.65. The number of aliphatic hydroxyl groups excluding tert-OH is 1. The summed E-state index contributed by atoms with van der Waals surface area (Å²) in [4.78, 5) is 16.4. The number of hydrogen-bond acceptors (Lipinski definition) is 4. The Morgan fingerprint density at radius 2 is 1.90 bits per heavy atom. The third kappa shape index (κ3) is 3.12. The number of aliphatic hydroxyl groups is 1. The Morgan fingerprint density at radius 1 is 1.10 bits per heavy atom. The number of hydrazone groups is 1. The zero-order valence-corrected chi connectivity index (χ0v) is 18.3. The number of carbonyl (C=O) groups is 1. The zero-order chi connectivity index (χ0) is 20.9. The predicted molar refractivity (Wildman–Crippen MR) is 117 cm³/mol. The van der Waals surface area contributed by atoms with Crippen LogP contribution in [0, 0.1) is 34.5 Å². The standard InChI is InChI=1S/C25H35N3O2/c1-24-11-7-18(29)15-17(24)3-4-19-20-5-6-22(25(20,2)12-8-21(19)24)27-28-23(30)16-9-13-26-14-10-16/h9-10,13-14,17-21,29H,3-8,11-12,15H2,1-2H3,(H,28,30)/b27-22-/t17-,18-,19-,20+,21-,24-,25+/m0/s1. The van der Waals surface area contributed by atoms with Gasteiger partial charge in [0.15, 0.2) is 0 Å². The highest BCUT2D eigenvalue weighted by Gasteiger charge is 2.59. The maximum Gasteiger partial charge on any atom is 0.271 e. The zero-order valence-electron chi connectivity index (χ0n) is 18.3. The molecule has 4 aliphatic carbocycles. The quantitative estimate of drug-likeness (QED) is 0.703. The van der Waals surface area contributed by atoms with E-state index in [0.29, 0.717) is 22.8 Å². The van der Waals surface area contributed by atoms with Crippen molar-refractivity contribution in [3.63, 3.8) is 0 Å². The first-order chi connectivity index (χ1) is 14.4. The fourth-order valence-electron chi connectivity index (χ4n) is 7.89. The Bertz CT molecular complexity index is 840. The molecule has 5 nitrogen and oxygen atoms in total. The molecular weight excluding hydrogens is 374 g/mol. The van der Waals surface area contributed by atoms with Crippen molar-refractivity contribution in [3.05, 3.63) is 30.1 Å². The van der Waals surface area contributed by atoms with Crippen LogP contribution in [-0.2, 0) is 0 Å². The summed E-state index contributed by atoms with van der Waals surface area (Å²) >= 11 is 0. The van der Waals surface area contributed by atoms with Gasteiger partial charge in [0.05, 0.1) is 6.10 Å². The number of carbonyl (C=O) groups excluding carboxylic acids is 1. The van der Waals surface area contributed by atoms with Gasteiger partial charge in [0.2, 0.25) is 0 Å². The Kier molecular flexibility index (Phi) is 5.00. The molecule has 0 aromatic carbocycles. The van der Waals surface area contributed by atoms with Gasteiger partial charge in [0.1, 0.15) is 0 Å². The van der Waals surface area contributed by atoms with Gasteiger partial charge >= 0.3 is 0 Å². The van der Waals surface area contributed by atoms with Crippen LogP contribution < -0.4 is 5.43 Å². The first-order valence-corrected chi connectivity index (χ1v) is 11.9. The van der Waals surface area contributed by atoms with Gasteiger partial charge in [-0.05, 0) is 99.0 Å². The number of fused-ring (bicyclic) bond motifs is 5. The Morgan fingerprint density at radius 3 is 2.70 bits per heavy atom. The molecule has 1 amide bonds. The third-order valence-electron chi connectivity index (χ3n) is 9.61. The lowest BCUT2D eigenvalue weighted by molar-refractivity contribution is -0.113. The molecule has 0 aliphatic heterocycles. The molecule has 2 N–H and O–H groups in total. The van der Waals surface area contributed by atoms with Crippen molar-refractivity contribution >= 4 is 11.6 Å². The van der Waals surface area contributed by atoms with Crippen molar-refractivity contribution in [2.24, 2.45) is 39.6 Å². The lowest BCUT2D eigenvalue weighted by atomic mass is 9.45. The van der Waals surface area contributed by atoms with Gasteiger partial charge in [0, 0.05) is 29.1 Å². The normalized spacial score (nSPS) is 44.1. The van der Waals surface area contributed by atoms with E-state index in [4.69, 9.17) is 0 Å². The van der Waals surface area contributed by atoms with Crippen LogP contribution in [0.1, 0.15) is 82.0 Å². The molecule has 4 aliphatic rings. The Balaban J connectivity index is 1.33. The highest BCUT2D eigenvalue weighted by atomic mass is 16.3. The average Bonchev–Trinajstić information content (AvgIpc) is 3.09. The summed E-state index contributed by atoms with van der Waals surface area (Å²) in [6, 6.07) is 3.44. The van der Waals surface area contributed by atoms with Crippen LogP contribution >= 0.6 is 0 Å². The van der Waals surface area contributed by atoms with Crippen molar-refractivity contribution in [2.45, 2.75) is 77.7 Å². The van der Waals surface area contributed by atoms with Crippen molar-refractivity contribution in [1.82, 2.24) is 10.4 Å². The molecule has 4 fully saturated rings. The van der Waals surface area contributed by atoms with Crippen LogP contribution in [0.25, 0.3) is 0 Å². The number of amides is 1. The number of nitrogens with zero attached hydrogens (tertiary/aromatic N) is 2. The molecule has 1 aromatic heterocycles. The second kappa shape index (κ2) is 7.44. The molecular formula is C25H35N3O2. The Labute approximate surface area is 179 Å². The molecule has 1 aromatic rings. The molecule has 1 heterocycles. The molecule has 162 valence electrons. The van der Waals surface area contributed by atoms with Gasteiger partial charge in [-0.3, -0.25) is 9.78 Å². The maximum absolute atomic E-state index is 12.5. The van der Waals surface area contributed by atoms with Gasteiger partial charge in [0.25, 0.3) is 5.91 Å². The molecule has 5 rings (SSSR count). The molecule has 4 saturated carbocycles. The molecule has 0 unspecified atom stereocenters. The average molecular weight is 410 g/mol. The van der Waals surface area contributed by atoms with Crippen LogP contribution in [0.3, 0.4) is 0 Å². The minimum absolute atomic E-state index is 0.0808. The van der Waals surface area contributed by atoms with Crippen LogP contribution in [0.15, 0.2) is 29.6 Å². The maximum atomic E-state index is 12.5. The van der Waals surface area contributed by atoms with E-state index < -0.39 is 0 Å². The largest absolute Gasteiger partial charge is 0.393 e. The fourth-order valence-corrected chi connectivity index (χ4v) is 7.89. The van der Waals surface area contributed by atoms with Gasteiger partial charge in [-0.15, -0.1) is 0 Å². The molecule has 5 heteroatoms. The second-order valence-electron chi connectivity index (χ2n) is 10.8. The summed E-state index contributed by atoms with van der Waals surface area (Å²) in [5.41, 5.74) is 5.13. The van der Waals surface area contributed by atoms with E-state index >= 15 is 0 Å². The smallest absolute Gasteiger partial charge is 0.271 e. The summed E-state index contributed by atoms with van der Waals surface area (Å²) in [6.45, 7) is 4.93. The minimum Gasteiger partial charge on any atom is -0.393 e. The lowest BCUT2D eigenvalue weighted by Crippen LogP contribution is -2.54. The number of nitrogens with one attached hydrogen (secondary N) is 1. The predicted octanol–water partition coefficient (Wildman–Crippen LogP) is 4.57. The minimum atomic E-state index is -0.153. The molecule has 0 spiro atoms. The number of pyridine rings is 1. The number of hydrogen-bond donors (Lipinski definition) is 2. The molecule has 0 saturated heterocycles. The number of rotatable bonds is 2. The summed E-state index contributed by atoms with van der Waals surface area (Å²) in [5.74, 6) is 2.77. The molecule has 0 radical (unpaired) electrons. The van der Waals surface area contributed by atoms with Crippen LogP contribution in [0.5, 0.6) is 0 Å². The lowest BCUT2D eigenvalue weighted by Gasteiger charge is -2.60. The van der Waals surface area contributed by atoms with E-state index in [1.165, 1.54) is 44.2 Å². The van der Waals surface area contributed by atoms with Crippen LogP contribution in [-0.4, -0.2) is 27.8 Å². The van der Waals surface area contributed by atoms with Crippen LogP contribution in [0.2, 0.25) is 0 Å².